The molecule has 1 fully saturated rings. The van der Waals surface area contributed by atoms with E-state index in [9.17, 15) is 9.59 Å². The summed E-state index contributed by atoms with van der Waals surface area (Å²) in [7, 11) is 1.66. The molecule has 2 aliphatic rings. The Balaban J connectivity index is 1.50. The molecule has 0 N–H and O–H groups in total. The zero-order chi connectivity index (χ0) is 20.8. The van der Waals surface area contributed by atoms with Crippen LogP contribution >= 0.6 is 11.6 Å². The summed E-state index contributed by atoms with van der Waals surface area (Å²) in [6, 6.07) is 13.1. The Hall–Kier alpha value is -2.57. The van der Waals surface area contributed by atoms with Crippen LogP contribution in [-0.2, 0) is 17.8 Å². The van der Waals surface area contributed by atoms with Crippen LogP contribution in [0, 0.1) is 5.92 Å². The Morgan fingerprint density at radius 1 is 1.17 bits per heavy atom. The number of hydrogen-bond acceptors (Lipinski definition) is 3. The van der Waals surface area contributed by atoms with E-state index in [1.807, 2.05) is 50.4 Å². The van der Waals surface area contributed by atoms with Gasteiger partial charge in [-0.1, -0.05) is 17.7 Å². The number of ether oxygens (including phenoxy) is 1. The van der Waals surface area contributed by atoms with Crippen molar-refractivity contribution in [3.63, 3.8) is 0 Å². The van der Waals surface area contributed by atoms with Crippen LogP contribution in [0.4, 0.5) is 0 Å². The molecule has 0 saturated carbocycles. The molecule has 0 radical (unpaired) electrons. The van der Waals surface area contributed by atoms with Crippen LogP contribution in [0.5, 0.6) is 0 Å². The van der Waals surface area contributed by atoms with Crippen molar-refractivity contribution in [2.45, 2.75) is 25.4 Å². The number of aromatic nitrogens is 2. The zero-order valence-electron chi connectivity index (χ0n) is 16.9. The van der Waals surface area contributed by atoms with Gasteiger partial charge in [0.05, 0.1) is 6.61 Å². The zero-order valence-corrected chi connectivity index (χ0v) is 17.6. The molecule has 30 heavy (non-hydrogen) atoms. The van der Waals surface area contributed by atoms with Crippen molar-refractivity contribution in [3.05, 3.63) is 69.2 Å². The van der Waals surface area contributed by atoms with Gasteiger partial charge in [-0.2, -0.15) is 0 Å². The lowest BCUT2D eigenvalue weighted by molar-refractivity contribution is 0.0582. The molecule has 1 amide bonds. The van der Waals surface area contributed by atoms with Crippen LogP contribution in [-0.4, -0.2) is 46.7 Å². The molecule has 7 heteroatoms. The highest BCUT2D eigenvalue weighted by Gasteiger charge is 2.37. The topological polar surface area (TPSA) is 56.5 Å². The van der Waals surface area contributed by atoms with Crippen LogP contribution in [0.1, 0.15) is 28.5 Å². The van der Waals surface area contributed by atoms with Crippen LogP contribution in [0.25, 0.3) is 10.9 Å². The van der Waals surface area contributed by atoms with Gasteiger partial charge in [0, 0.05) is 66.9 Å². The molecule has 3 aromatic rings. The molecule has 0 unspecified atom stereocenters. The number of rotatable bonds is 4. The molecule has 1 aromatic carbocycles. The van der Waals surface area contributed by atoms with Gasteiger partial charge < -0.3 is 18.8 Å². The number of halogens is 1. The summed E-state index contributed by atoms with van der Waals surface area (Å²) in [6.07, 6.45) is 1.02. The highest BCUT2D eigenvalue weighted by molar-refractivity contribution is 6.31. The van der Waals surface area contributed by atoms with Crippen LogP contribution in [0.2, 0.25) is 5.02 Å². The smallest absolute Gasteiger partial charge is 0.270 e. The number of hydrogen-bond donors (Lipinski definition) is 0. The summed E-state index contributed by atoms with van der Waals surface area (Å²) in [5, 5.41) is 1.61. The lowest BCUT2D eigenvalue weighted by atomic mass is 9.83. The normalized spacial score (nSPS) is 20.4. The van der Waals surface area contributed by atoms with Crippen LogP contribution < -0.4 is 5.56 Å². The number of methoxy groups -OCH3 is 1. The highest BCUT2D eigenvalue weighted by atomic mass is 35.5. The third kappa shape index (κ3) is 3.24. The molecule has 1 saturated heterocycles. The van der Waals surface area contributed by atoms with Crippen molar-refractivity contribution in [1.82, 2.24) is 14.0 Å². The minimum absolute atomic E-state index is 0.0276. The quantitative estimate of drug-likeness (QED) is 0.644. The van der Waals surface area contributed by atoms with Gasteiger partial charge in [0.15, 0.2) is 0 Å². The number of likely N-dealkylation sites (tertiary alicyclic amines) is 1. The minimum Gasteiger partial charge on any atom is -0.383 e. The molecular formula is C23H24ClN3O3. The molecular weight excluding hydrogens is 402 g/mol. The number of carbonyl (C=O) groups excluding carboxylic acids is 1. The van der Waals surface area contributed by atoms with Gasteiger partial charge in [-0.25, -0.2) is 0 Å². The summed E-state index contributed by atoms with van der Waals surface area (Å²) >= 11 is 6.18. The number of carbonyl (C=O) groups is 1. The van der Waals surface area contributed by atoms with Crippen molar-refractivity contribution in [2.75, 3.05) is 26.8 Å². The number of fused-ring (bicyclic) bond motifs is 5. The fourth-order valence-electron chi connectivity index (χ4n) is 5.07. The Labute approximate surface area is 179 Å². The standard InChI is InChI=1S/C23H24ClN3O3/c1-30-8-7-26-20-6-5-18(24)10-16(20)11-21(26)23(29)25-12-15-9-17(14-25)19-3-2-4-22(28)27(19)13-15/h2-6,10-11,15,17H,7-9,12-14H2,1H3/t15-,17+/m0/s1. The predicted molar refractivity (Wildman–Crippen MR) is 116 cm³/mol. The summed E-state index contributed by atoms with van der Waals surface area (Å²) in [6.45, 7) is 3.10. The maximum absolute atomic E-state index is 13.6. The van der Waals surface area contributed by atoms with Crippen molar-refractivity contribution in [3.8, 4) is 0 Å². The van der Waals surface area contributed by atoms with E-state index in [2.05, 4.69) is 0 Å². The second kappa shape index (κ2) is 7.60. The SMILES string of the molecule is COCCn1c(C(=O)N2C[C@@H]3C[C@H](C2)c2cccc(=O)n2C3)cc2cc(Cl)ccc21. The van der Waals surface area contributed by atoms with Crippen molar-refractivity contribution >= 4 is 28.4 Å². The number of pyridine rings is 1. The molecule has 2 aromatic heterocycles. The second-order valence-electron chi connectivity index (χ2n) is 8.29. The van der Waals surface area contributed by atoms with E-state index >= 15 is 0 Å². The summed E-state index contributed by atoms with van der Waals surface area (Å²) in [5.41, 5.74) is 2.74. The monoisotopic (exact) mass is 425 g/mol. The first-order valence-electron chi connectivity index (χ1n) is 10.3. The Bertz CT molecular complexity index is 1180. The average Bonchev–Trinajstić information content (AvgIpc) is 3.09. The van der Waals surface area contributed by atoms with Gasteiger partial charge in [-0.05, 0) is 42.7 Å². The summed E-state index contributed by atoms with van der Waals surface area (Å²) in [5.74, 6) is 0.521. The van der Waals surface area contributed by atoms with Gasteiger partial charge in [0.25, 0.3) is 11.5 Å². The third-order valence-electron chi connectivity index (χ3n) is 6.37. The molecule has 5 rings (SSSR count). The molecule has 4 heterocycles. The number of amides is 1. The minimum atomic E-state index is 0.0276. The van der Waals surface area contributed by atoms with E-state index in [-0.39, 0.29) is 17.4 Å². The fourth-order valence-corrected chi connectivity index (χ4v) is 5.25. The summed E-state index contributed by atoms with van der Waals surface area (Å²) < 4.78 is 9.19. The van der Waals surface area contributed by atoms with E-state index in [4.69, 9.17) is 16.3 Å². The predicted octanol–water partition coefficient (Wildman–Crippen LogP) is 3.36. The van der Waals surface area contributed by atoms with E-state index in [1.165, 1.54) is 0 Å². The van der Waals surface area contributed by atoms with Gasteiger partial charge >= 0.3 is 0 Å². The van der Waals surface area contributed by atoms with E-state index in [0.717, 1.165) is 23.0 Å². The molecule has 0 aliphatic carbocycles. The van der Waals surface area contributed by atoms with Crippen molar-refractivity contribution in [1.29, 1.82) is 0 Å². The van der Waals surface area contributed by atoms with E-state index in [1.54, 1.807) is 13.2 Å². The number of benzene rings is 1. The van der Waals surface area contributed by atoms with Gasteiger partial charge in [-0.15, -0.1) is 0 Å². The van der Waals surface area contributed by atoms with E-state index in [0.29, 0.717) is 49.4 Å². The molecule has 2 aliphatic heterocycles. The van der Waals surface area contributed by atoms with Gasteiger partial charge in [0.1, 0.15) is 5.69 Å². The number of piperidine rings is 1. The van der Waals surface area contributed by atoms with E-state index < -0.39 is 0 Å². The molecule has 6 nitrogen and oxygen atoms in total. The first-order valence-corrected chi connectivity index (χ1v) is 10.7. The van der Waals surface area contributed by atoms with Crippen molar-refractivity contribution < 1.29 is 9.53 Å². The van der Waals surface area contributed by atoms with Crippen molar-refractivity contribution in [2.24, 2.45) is 5.92 Å². The fraction of sp³-hybridized carbons (Fsp3) is 0.391. The third-order valence-corrected chi connectivity index (χ3v) is 6.60. The lowest BCUT2D eigenvalue weighted by Gasteiger charge is -2.42. The van der Waals surface area contributed by atoms with Gasteiger partial charge in [0.2, 0.25) is 0 Å². The average molecular weight is 426 g/mol. The molecule has 2 bridgehead atoms. The lowest BCUT2D eigenvalue weighted by Crippen LogP contribution is -2.49. The maximum Gasteiger partial charge on any atom is 0.270 e. The highest BCUT2D eigenvalue weighted by Crippen LogP contribution is 2.36. The Kier molecular flexibility index (Phi) is 4.91. The molecule has 2 atom stereocenters. The first-order chi connectivity index (χ1) is 14.5. The molecule has 156 valence electrons. The largest absolute Gasteiger partial charge is 0.383 e. The maximum atomic E-state index is 13.6. The number of nitrogens with zero attached hydrogens (tertiary/aromatic N) is 3. The Morgan fingerprint density at radius 3 is 2.87 bits per heavy atom. The first kappa shape index (κ1) is 19.4. The van der Waals surface area contributed by atoms with Crippen LogP contribution in [0.15, 0.2) is 47.3 Å². The van der Waals surface area contributed by atoms with Gasteiger partial charge in [-0.3, -0.25) is 9.59 Å². The Morgan fingerprint density at radius 2 is 2.03 bits per heavy atom. The second-order valence-corrected chi connectivity index (χ2v) is 8.72. The molecule has 0 spiro atoms. The summed E-state index contributed by atoms with van der Waals surface area (Å²) in [4.78, 5) is 27.8. The van der Waals surface area contributed by atoms with Crippen LogP contribution in [0.3, 0.4) is 0 Å².